The lowest BCUT2D eigenvalue weighted by Crippen LogP contribution is -2.41. The summed E-state index contributed by atoms with van der Waals surface area (Å²) in [5, 5.41) is 5.16. The number of rotatable bonds is 4. The number of nitrogens with zero attached hydrogens (tertiary/aromatic N) is 1. The number of nitrogens with two attached hydrogens (primary N) is 1. The lowest BCUT2D eigenvalue weighted by Gasteiger charge is -2.15. The van der Waals surface area contributed by atoms with E-state index in [-0.39, 0.29) is 19.0 Å². The number of carbonyl (C=O) groups is 3. The number of anilines is 1. The van der Waals surface area contributed by atoms with E-state index >= 15 is 0 Å². The van der Waals surface area contributed by atoms with E-state index in [4.69, 9.17) is 5.73 Å². The minimum Gasteiger partial charge on any atom is -0.326 e. The second-order valence-electron chi connectivity index (χ2n) is 5.40. The second-order valence-corrected chi connectivity index (χ2v) is 5.40. The molecule has 1 heterocycles. The molecule has 22 heavy (non-hydrogen) atoms. The van der Waals surface area contributed by atoms with E-state index in [9.17, 15) is 14.4 Å². The third kappa shape index (κ3) is 3.75. The van der Waals surface area contributed by atoms with Crippen LogP contribution in [0.3, 0.4) is 0 Å². The number of urea groups is 1. The molecule has 0 aromatic heterocycles. The Balaban J connectivity index is 0.00000242. The molecular weight excluding hydrogens is 308 g/mol. The van der Waals surface area contributed by atoms with Gasteiger partial charge in [0, 0.05) is 12.2 Å². The molecule has 1 aliphatic rings. The number of amides is 4. The number of nitrogens with one attached hydrogen (secondary N) is 2. The van der Waals surface area contributed by atoms with E-state index in [0.717, 1.165) is 10.5 Å². The van der Waals surface area contributed by atoms with Crippen LogP contribution in [0.2, 0.25) is 0 Å². The quantitative estimate of drug-likeness (QED) is 0.713. The van der Waals surface area contributed by atoms with Gasteiger partial charge in [-0.3, -0.25) is 14.5 Å². The first-order valence-electron chi connectivity index (χ1n) is 6.56. The zero-order valence-electron chi connectivity index (χ0n) is 12.4. The predicted molar refractivity (Wildman–Crippen MR) is 84.5 cm³/mol. The average Bonchev–Trinajstić information content (AvgIpc) is 2.62. The molecule has 8 heteroatoms. The molecule has 0 bridgehead atoms. The fourth-order valence-electron chi connectivity index (χ4n) is 2.03. The maximum absolute atomic E-state index is 12.0. The van der Waals surface area contributed by atoms with Crippen molar-refractivity contribution >= 4 is 35.9 Å². The molecule has 1 saturated heterocycles. The Hall–Kier alpha value is -2.12. The van der Waals surface area contributed by atoms with Crippen LogP contribution in [-0.4, -0.2) is 34.8 Å². The molecule has 1 aromatic carbocycles. The molecular formula is C14H19ClN4O3. The Bertz CT molecular complexity index is 586. The summed E-state index contributed by atoms with van der Waals surface area (Å²) in [4.78, 5) is 36.5. The van der Waals surface area contributed by atoms with Gasteiger partial charge in [-0.2, -0.15) is 0 Å². The summed E-state index contributed by atoms with van der Waals surface area (Å²) < 4.78 is 0. The number of benzene rings is 1. The molecule has 4 amide bonds. The number of hydrogen-bond acceptors (Lipinski definition) is 4. The van der Waals surface area contributed by atoms with Gasteiger partial charge in [-0.05, 0) is 31.5 Å². The van der Waals surface area contributed by atoms with Crippen molar-refractivity contribution in [3.8, 4) is 0 Å². The van der Waals surface area contributed by atoms with Crippen LogP contribution in [0.1, 0.15) is 19.4 Å². The molecule has 1 fully saturated rings. The zero-order valence-corrected chi connectivity index (χ0v) is 13.2. The van der Waals surface area contributed by atoms with Crippen molar-refractivity contribution in [3.05, 3.63) is 29.8 Å². The van der Waals surface area contributed by atoms with Gasteiger partial charge >= 0.3 is 6.03 Å². The summed E-state index contributed by atoms with van der Waals surface area (Å²) in [5.74, 6) is -0.849. The number of hydrogen-bond donors (Lipinski definition) is 3. The Labute approximate surface area is 134 Å². The van der Waals surface area contributed by atoms with E-state index < -0.39 is 23.4 Å². The Morgan fingerprint density at radius 3 is 2.32 bits per heavy atom. The second kappa shape index (κ2) is 6.76. The van der Waals surface area contributed by atoms with Crippen molar-refractivity contribution in [2.45, 2.75) is 25.9 Å². The maximum Gasteiger partial charge on any atom is 0.325 e. The molecule has 0 atom stereocenters. The van der Waals surface area contributed by atoms with Crippen LogP contribution in [-0.2, 0) is 16.1 Å². The maximum atomic E-state index is 12.0. The number of halogens is 1. The van der Waals surface area contributed by atoms with Crippen LogP contribution in [0.25, 0.3) is 0 Å². The number of carbonyl (C=O) groups excluding carboxylic acids is 3. The minimum absolute atomic E-state index is 0. The average molecular weight is 327 g/mol. The highest BCUT2D eigenvalue weighted by atomic mass is 35.5. The van der Waals surface area contributed by atoms with Gasteiger partial charge in [-0.25, -0.2) is 4.79 Å². The lowest BCUT2D eigenvalue weighted by atomic mass is 10.1. The third-order valence-electron chi connectivity index (χ3n) is 3.22. The van der Waals surface area contributed by atoms with Crippen molar-refractivity contribution in [2.75, 3.05) is 11.9 Å². The molecule has 0 aliphatic carbocycles. The predicted octanol–water partition coefficient (Wildman–Crippen LogP) is 0.836. The zero-order chi connectivity index (χ0) is 15.6. The first-order valence-corrected chi connectivity index (χ1v) is 6.56. The van der Waals surface area contributed by atoms with Crippen molar-refractivity contribution in [2.24, 2.45) is 5.73 Å². The highest BCUT2D eigenvalue weighted by molar-refractivity contribution is 6.09. The lowest BCUT2D eigenvalue weighted by molar-refractivity contribution is -0.132. The largest absolute Gasteiger partial charge is 0.326 e. The van der Waals surface area contributed by atoms with Crippen molar-refractivity contribution < 1.29 is 14.4 Å². The van der Waals surface area contributed by atoms with E-state index in [2.05, 4.69) is 10.6 Å². The van der Waals surface area contributed by atoms with Crippen LogP contribution < -0.4 is 16.4 Å². The molecule has 7 nitrogen and oxygen atoms in total. The standard InChI is InChI=1S/C14H18N4O3.ClH/c1-14(2)12(20)18(13(21)17-14)8-11(19)16-10-5-3-9(7-15)4-6-10;/h3-6H,7-8,15H2,1-2H3,(H,16,19)(H,17,21);1H. The molecule has 120 valence electrons. The Morgan fingerprint density at radius 2 is 1.86 bits per heavy atom. The van der Waals surface area contributed by atoms with Gasteiger partial charge < -0.3 is 16.4 Å². The van der Waals surface area contributed by atoms with E-state index in [1.54, 1.807) is 38.1 Å². The molecule has 0 spiro atoms. The fraction of sp³-hybridized carbons (Fsp3) is 0.357. The smallest absolute Gasteiger partial charge is 0.325 e. The summed E-state index contributed by atoms with van der Waals surface area (Å²) in [6.07, 6.45) is 0. The fourth-order valence-corrected chi connectivity index (χ4v) is 2.03. The summed E-state index contributed by atoms with van der Waals surface area (Å²) >= 11 is 0. The van der Waals surface area contributed by atoms with E-state index in [0.29, 0.717) is 12.2 Å². The van der Waals surface area contributed by atoms with Gasteiger partial charge in [0.1, 0.15) is 12.1 Å². The topological polar surface area (TPSA) is 105 Å². The number of imide groups is 1. The molecule has 2 rings (SSSR count). The molecule has 1 aromatic rings. The van der Waals surface area contributed by atoms with Gasteiger partial charge in [0.05, 0.1) is 0 Å². The first-order chi connectivity index (χ1) is 9.83. The van der Waals surface area contributed by atoms with Gasteiger partial charge in [0.2, 0.25) is 5.91 Å². The molecule has 1 aliphatic heterocycles. The van der Waals surface area contributed by atoms with Gasteiger partial charge in [-0.15, -0.1) is 12.4 Å². The molecule has 0 saturated carbocycles. The highest BCUT2D eigenvalue weighted by Gasteiger charge is 2.44. The first kappa shape index (κ1) is 17.9. The summed E-state index contributed by atoms with van der Waals surface area (Å²) in [6.45, 7) is 3.30. The summed E-state index contributed by atoms with van der Waals surface area (Å²) in [6, 6.07) is 6.48. The van der Waals surface area contributed by atoms with Crippen LogP contribution >= 0.6 is 12.4 Å². The Morgan fingerprint density at radius 1 is 1.27 bits per heavy atom. The monoisotopic (exact) mass is 326 g/mol. The SMILES string of the molecule is CC1(C)NC(=O)N(CC(=O)Nc2ccc(CN)cc2)C1=O.Cl. The van der Waals surface area contributed by atoms with Crippen molar-refractivity contribution in [3.63, 3.8) is 0 Å². The van der Waals surface area contributed by atoms with Gasteiger partial charge in [0.25, 0.3) is 5.91 Å². The minimum atomic E-state index is -0.972. The van der Waals surface area contributed by atoms with Crippen molar-refractivity contribution in [1.82, 2.24) is 10.2 Å². The van der Waals surface area contributed by atoms with E-state index in [1.165, 1.54) is 0 Å². The van der Waals surface area contributed by atoms with Crippen molar-refractivity contribution in [1.29, 1.82) is 0 Å². The normalized spacial score (nSPS) is 16.0. The van der Waals surface area contributed by atoms with Gasteiger partial charge in [0.15, 0.2) is 0 Å². The third-order valence-corrected chi connectivity index (χ3v) is 3.22. The Kier molecular flexibility index (Phi) is 5.51. The van der Waals surface area contributed by atoms with Crippen LogP contribution in [0, 0.1) is 0 Å². The summed E-state index contributed by atoms with van der Waals surface area (Å²) in [7, 11) is 0. The van der Waals surface area contributed by atoms with Crippen LogP contribution in [0.4, 0.5) is 10.5 Å². The molecule has 0 unspecified atom stereocenters. The van der Waals surface area contributed by atoms with E-state index in [1.807, 2.05) is 0 Å². The van der Waals surface area contributed by atoms with Crippen LogP contribution in [0.5, 0.6) is 0 Å². The van der Waals surface area contributed by atoms with Crippen LogP contribution in [0.15, 0.2) is 24.3 Å². The molecule has 0 radical (unpaired) electrons. The van der Waals surface area contributed by atoms with Gasteiger partial charge in [-0.1, -0.05) is 12.1 Å². The summed E-state index contributed by atoms with van der Waals surface area (Å²) in [5.41, 5.74) is 6.05. The molecule has 4 N–H and O–H groups in total. The highest BCUT2D eigenvalue weighted by Crippen LogP contribution is 2.16.